The van der Waals surface area contributed by atoms with Gasteiger partial charge in [-0.1, -0.05) is 32.3 Å². The van der Waals surface area contributed by atoms with Gasteiger partial charge in [0, 0.05) is 13.1 Å². The van der Waals surface area contributed by atoms with Crippen molar-refractivity contribution in [1.82, 2.24) is 4.90 Å². The topological polar surface area (TPSA) is 86.8 Å². The van der Waals surface area contributed by atoms with Gasteiger partial charge in [0.2, 0.25) is 0 Å². The van der Waals surface area contributed by atoms with E-state index in [-0.39, 0.29) is 6.61 Å². The van der Waals surface area contributed by atoms with E-state index in [2.05, 4.69) is 13.5 Å². The molecule has 0 spiro atoms. The lowest BCUT2D eigenvalue weighted by atomic mass is 9.85. The fraction of sp³-hybridized carbons (Fsp3) is 0.800. The van der Waals surface area contributed by atoms with E-state index in [9.17, 15) is 15.0 Å². The monoisotopic (exact) mass is 286 g/mol. The number of aliphatic hydroxyl groups is 1. The Kier molecular flexibility index (Phi) is 10.3. The molecule has 0 saturated heterocycles. The average Bonchev–Trinajstić information content (AvgIpc) is 2.42. The van der Waals surface area contributed by atoms with Gasteiger partial charge in [-0.05, 0) is 25.8 Å². The van der Waals surface area contributed by atoms with Gasteiger partial charge < -0.3 is 15.9 Å². The van der Waals surface area contributed by atoms with E-state index in [1.54, 1.807) is 6.08 Å². The maximum absolute atomic E-state index is 11.9. The van der Waals surface area contributed by atoms with E-state index in [1.165, 1.54) is 0 Å². The number of hydrogen-bond acceptors (Lipinski definition) is 4. The van der Waals surface area contributed by atoms with Gasteiger partial charge in [-0.15, -0.1) is 6.58 Å². The van der Waals surface area contributed by atoms with Crippen molar-refractivity contribution in [2.24, 2.45) is 5.73 Å². The highest BCUT2D eigenvalue weighted by Gasteiger charge is 2.42. The highest BCUT2D eigenvalue weighted by atomic mass is 16.4. The number of carbonyl (C=O) groups is 1. The summed E-state index contributed by atoms with van der Waals surface area (Å²) in [5, 5.41) is 19.0. The Morgan fingerprint density at radius 3 is 2.45 bits per heavy atom. The molecule has 5 nitrogen and oxygen atoms in total. The average molecular weight is 286 g/mol. The van der Waals surface area contributed by atoms with E-state index in [4.69, 9.17) is 5.73 Å². The van der Waals surface area contributed by atoms with Gasteiger partial charge in [0.1, 0.15) is 5.54 Å². The largest absolute Gasteiger partial charge is 0.480 e. The summed E-state index contributed by atoms with van der Waals surface area (Å²) in [6.07, 6.45) is 6.38. The summed E-state index contributed by atoms with van der Waals surface area (Å²) in [6.45, 7) is 7.01. The van der Waals surface area contributed by atoms with Crippen molar-refractivity contribution in [2.45, 2.75) is 51.0 Å². The quantitative estimate of drug-likeness (QED) is 0.354. The Labute approximate surface area is 122 Å². The molecule has 0 bridgehead atoms. The molecule has 0 saturated carbocycles. The number of unbranched alkanes of at least 4 members (excludes halogenated alkanes) is 2. The molecule has 0 fully saturated rings. The highest BCUT2D eigenvalue weighted by Crippen LogP contribution is 2.29. The van der Waals surface area contributed by atoms with Crippen LogP contribution in [0.2, 0.25) is 0 Å². The van der Waals surface area contributed by atoms with Crippen molar-refractivity contribution in [2.75, 3.05) is 26.2 Å². The third-order valence-electron chi connectivity index (χ3n) is 3.71. The smallest absolute Gasteiger partial charge is 0.324 e. The first-order chi connectivity index (χ1) is 9.58. The van der Waals surface area contributed by atoms with Crippen LogP contribution < -0.4 is 5.73 Å². The molecule has 0 amide bonds. The number of nitrogens with zero attached hydrogens (tertiary/aromatic N) is 1. The van der Waals surface area contributed by atoms with Crippen LogP contribution in [0.3, 0.4) is 0 Å². The van der Waals surface area contributed by atoms with E-state index < -0.39 is 11.5 Å². The number of aliphatic hydroxyl groups excluding tert-OH is 1. The van der Waals surface area contributed by atoms with Crippen LogP contribution in [-0.4, -0.2) is 52.9 Å². The first kappa shape index (κ1) is 19.1. The normalized spacial score (nSPS) is 14.2. The molecule has 0 aliphatic rings. The zero-order valence-electron chi connectivity index (χ0n) is 12.7. The molecule has 0 radical (unpaired) electrons. The first-order valence-electron chi connectivity index (χ1n) is 7.49. The second-order valence-corrected chi connectivity index (χ2v) is 5.14. The lowest BCUT2D eigenvalue weighted by molar-refractivity contribution is -0.153. The summed E-state index contributed by atoms with van der Waals surface area (Å²) in [4.78, 5) is 13.7. The molecular weight excluding hydrogens is 256 g/mol. The second kappa shape index (κ2) is 10.8. The molecular formula is C15H30N2O3. The highest BCUT2D eigenvalue weighted by molar-refractivity contribution is 5.78. The summed E-state index contributed by atoms with van der Waals surface area (Å²) >= 11 is 0. The first-order valence-corrected chi connectivity index (χ1v) is 7.49. The van der Waals surface area contributed by atoms with Crippen molar-refractivity contribution in [3.05, 3.63) is 12.7 Å². The Hall–Kier alpha value is -0.910. The maximum Gasteiger partial charge on any atom is 0.324 e. The molecule has 0 rings (SSSR count). The van der Waals surface area contributed by atoms with Crippen LogP contribution in [0.15, 0.2) is 12.7 Å². The van der Waals surface area contributed by atoms with E-state index in [0.29, 0.717) is 38.9 Å². The minimum absolute atomic E-state index is 0.0563. The summed E-state index contributed by atoms with van der Waals surface area (Å²) in [6, 6.07) is 0. The lowest BCUT2D eigenvalue weighted by Crippen LogP contribution is -2.56. The molecule has 0 heterocycles. The van der Waals surface area contributed by atoms with Crippen LogP contribution in [0, 0.1) is 0 Å². The Morgan fingerprint density at radius 1 is 1.35 bits per heavy atom. The van der Waals surface area contributed by atoms with E-state index >= 15 is 0 Å². The Balaban J connectivity index is 5.18. The number of nitrogens with two attached hydrogens (primary N) is 1. The molecule has 0 aromatic carbocycles. The molecule has 0 aliphatic carbocycles. The van der Waals surface area contributed by atoms with Crippen LogP contribution in [0.5, 0.6) is 0 Å². The van der Waals surface area contributed by atoms with Gasteiger partial charge in [0.05, 0.1) is 6.61 Å². The SMILES string of the molecule is C=CCN(CCO)C(CCCN)(CCCCC)C(=O)O. The second-order valence-electron chi connectivity index (χ2n) is 5.14. The summed E-state index contributed by atoms with van der Waals surface area (Å²) in [5.41, 5.74) is 4.62. The zero-order valence-corrected chi connectivity index (χ0v) is 12.7. The fourth-order valence-corrected chi connectivity index (χ4v) is 2.61. The van der Waals surface area contributed by atoms with Crippen molar-refractivity contribution < 1.29 is 15.0 Å². The zero-order chi connectivity index (χ0) is 15.4. The molecule has 20 heavy (non-hydrogen) atoms. The van der Waals surface area contributed by atoms with E-state index in [1.807, 2.05) is 4.90 Å². The van der Waals surface area contributed by atoms with Crippen LogP contribution in [0.25, 0.3) is 0 Å². The van der Waals surface area contributed by atoms with Crippen molar-refractivity contribution in [1.29, 1.82) is 0 Å². The molecule has 1 atom stereocenters. The summed E-state index contributed by atoms with van der Waals surface area (Å²) in [5.74, 6) is -0.822. The summed E-state index contributed by atoms with van der Waals surface area (Å²) in [7, 11) is 0. The fourth-order valence-electron chi connectivity index (χ4n) is 2.61. The van der Waals surface area contributed by atoms with Gasteiger partial charge in [-0.2, -0.15) is 0 Å². The molecule has 0 aromatic heterocycles. The number of rotatable bonds is 13. The van der Waals surface area contributed by atoms with Gasteiger partial charge in [-0.3, -0.25) is 9.69 Å². The van der Waals surface area contributed by atoms with Crippen molar-refractivity contribution >= 4 is 5.97 Å². The molecule has 0 aliphatic heterocycles. The summed E-state index contributed by atoms with van der Waals surface area (Å²) < 4.78 is 0. The van der Waals surface area contributed by atoms with Gasteiger partial charge >= 0.3 is 5.97 Å². The number of carboxylic acids is 1. The van der Waals surface area contributed by atoms with Gasteiger partial charge in [0.15, 0.2) is 0 Å². The van der Waals surface area contributed by atoms with Crippen LogP contribution >= 0.6 is 0 Å². The molecule has 1 unspecified atom stereocenters. The predicted molar refractivity (Wildman–Crippen MR) is 81.7 cm³/mol. The standard InChI is InChI=1S/C15H30N2O3/c1-3-5-6-8-15(14(19)20,9-7-10-16)17(11-4-2)12-13-18/h4,18H,2-3,5-13,16H2,1H3,(H,19,20). The number of hydrogen-bond donors (Lipinski definition) is 3. The minimum Gasteiger partial charge on any atom is -0.480 e. The Morgan fingerprint density at radius 2 is 2.00 bits per heavy atom. The predicted octanol–water partition coefficient (Wildman–Crippen LogP) is 1.61. The van der Waals surface area contributed by atoms with E-state index in [0.717, 1.165) is 19.3 Å². The van der Waals surface area contributed by atoms with Crippen LogP contribution in [0.1, 0.15) is 45.4 Å². The third-order valence-corrected chi connectivity index (χ3v) is 3.71. The van der Waals surface area contributed by atoms with Crippen molar-refractivity contribution in [3.63, 3.8) is 0 Å². The van der Waals surface area contributed by atoms with Crippen molar-refractivity contribution in [3.8, 4) is 0 Å². The number of β-amino-alcohol motifs (C(OH)–C–C–N with tert-alkyl or cyclic N) is 1. The lowest BCUT2D eigenvalue weighted by Gasteiger charge is -2.40. The Bertz CT molecular complexity index is 284. The maximum atomic E-state index is 11.9. The minimum atomic E-state index is -0.939. The molecule has 5 heteroatoms. The van der Waals surface area contributed by atoms with Gasteiger partial charge in [0.25, 0.3) is 0 Å². The van der Waals surface area contributed by atoms with Gasteiger partial charge in [-0.25, -0.2) is 0 Å². The number of carboxylic acid groups (broad SMARTS) is 1. The van der Waals surface area contributed by atoms with Crippen LogP contribution in [-0.2, 0) is 4.79 Å². The number of aliphatic carboxylic acids is 1. The van der Waals surface area contributed by atoms with Crippen LogP contribution in [0.4, 0.5) is 0 Å². The third kappa shape index (κ3) is 5.61. The molecule has 118 valence electrons. The molecule has 0 aromatic rings. The molecule has 4 N–H and O–H groups in total.